The summed E-state index contributed by atoms with van der Waals surface area (Å²) in [5.74, 6) is -0.866. The van der Waals surface area contributed by atoms with Crippen LogP contribution in [0.15, 0.2) is 65.7 Å². The number of para-hydroxylation sites is 2. The lowest BCUT2D eigenvalue weighted by Crippen LogP contribution is -2.41. The van der Waals surface area contributed by atoms with Crippen molar-refractivity contribution < 1.29 is 9.59 Å². The average Bonchev–Trinajstić information content (AvgIpc) is 2.95. The topological polar surface area (TPSA) is 53.0 Å². The Morgan fingerprint density at radius 1 is 0.731 bits per heavy atom. The fourth-order valence-corrected chi connectivity index (χ4v) is 3.58. The van der Waals surface area contributed by atoms with E-state index in [4.69, 9.17) is 4.99 Å². The first-order chi connectivity index (χ1) is 12.8. The molecule has 1 amide bonds. The molecule has 5 nitrogen and oxygen atoms in total. The smallest absolute Gasteiger partial charge is 0.279 e. The van der Waals surface area contributed by atoms with Crippen molar-refractivity contribution in [2.24, 2.45) is 4.99 Å². The molecule has 1 saturated carbocycles. The van der Waals surface area contributed by atoms with Gasteiger partial charge in [-0.1, -0.05) is 55.7 Å². The van der Waals surface area contributed by atoms with E-state index in [0.29, 0.717) is 5.69 Å². The van der Waals surface area contributed by atoms with Crippen LogP contribution in [-0.4, -0.2) is 23.6 Å². The molecule has 0 N–H and O–H groups in total. The number of hydrogen-bond acceptors (Lipinski definition) is 3. The highest BCUT2D eigenvalue weighted by molar-refractivity contribution is 6.73. The first-order valence-electron chi connectivity index (χ1n) is 9.12. The highest BCUT2D eigenvalue weighted by Crippen LogP contribution is 2.29. The van der Waals surface area contributed by atoms with Gasteiger partial charge in [0.05, 0.1) is 17.4 Å². The molecule has 2 fully saturated rings. The minimum Gasteiger partial charge on any atom is -0.279 e. The van der Waals surface area contributed by atoms with E-state index in [0.717, 1.165) is 31.4 Å². The van der Waals surface area contributed by atoms with Gasteiger partial charge in [-0.15, -0.1) is 0 Å². The minimum atomic E-state index is -0.561. The molecular weight excluding hydrogens is 326 g/mol. The molecule has 2 aromatic rings. The van der Waals surface area contributed by atoms with Gasteiger partial charge in [0.1, 0.15) is 0 Å². The van der Waals surface area contributed by atoms with Crippen molar-refractivity contribution >= 4 is 28.9 Å². The Balaban J connectivity index is 1.80. The van der Waals surface area contributed by atoms with Gasteiger partial charge in [0.15, 0.2) is 0 Å². The SMILES string of the molecule is O=C1C(=O)N(c2ccccc2)N(c2ccccc2)C1=NC1CCCCC1. The number of aliphatic imine (C=N–C) groups is 1. The number of nitrogens with zero attached hydrogens (tertiary/aromatic N) is 3. The zero-order chi connectivity index (χ0) is 17.9. The van der Waals surface area contributed by atoms with Gasteiger partial charge in [-0.3, -0.25) is 14.6 Å². The fourth-order valence-electron chi connectivity index (χ4n) is 3.58. The van der Waals surface area contributed by atoms with Crippen molar-refractivity contribution in [3.05, 3.63) is 60.7 Å². The van der Waals surface area contributed by atoms with E-state index < -0.39 is 11.7 Å². The Labute approximate surface area is 152 Å². The van der Waals surface area contributed by atoms with E-state index in [1.165, 1.54) is 11.4 Å². The third-order valence-corrected chi connectivity index (χ3v) is 4.87. The molecule has 1 heterocycles. The summed E-state index contributed by atoms with van der Waals surface area (Å²) in [4.78, 5) is 30.3. The summed E-state index contributed by atoms with van der Waals surface area (Å²) in [5, 5.41) is 3.09. The number of benzene rings is 2. The van der Waals surface area contributed by atoms with Crippen molar-refractivity contribution in [1.82, 2.24) is 0 Å². The van der Waals surface area contributed by atoms with Gasteiger partial charge in [-0.25, -0.2) is 10.0 Å². The lowest BCUT2D eigenvalue weighted by Gasteiger charge is -2.29. The summed E-state index contributed by atoms with van der Waals surface area (Å²) >= 11 is 0. The largest absolute Gasteiger partial charge is 0.321 e. The number of amides is 1. The van der Waals surface area contributed by atoms with E-state index >= 15 is 0 Å². The Morgan fingerprint density at radius 3 is 1.85 bits per heavy atom. The molecule has 1 saturated heterocycles. The van der Waals surface area contributed by atoms with Crippen molar-refractivity contribution in [1.29, 1.82) is 0 Å². The molecule has 4 rings (SSSR count). The predicted octanol–water partition coefficient (Wildman–Crippen LogP) is 3.76. The van der Waals surface area contributed by atoms with Crippen molar-refractivity contribution in [2.75, 3.05) is 10.0 Å². The number of hydrogen-bond donors (Lipinski definition) is 0. The summed E-state index contributed by atoms with van der Waals surface area (Å²) in [6, 6.07) is 18.8. The first kappa shape index (κ1) is 16.5. The van der Waals surface area contributed by atoms with Crippen molar-refractivity contribution in [3.8, 4) is 0 Å². The standard InChI is InChI=1S/C21H21N3O2/c25-19-20(22-16-10-4-1-5-11-16)23(17-12-6-2-7-13-17)24(21(19)26)18-14-8-3-9-15-18/h2-3,6-9,12-16H,1,4-5,10-11H2. The Kier molecular flexibility index (Phi) is 4.52. The van der Waals surface area contributed by atoms with Crippen LogP contribution in [0.3, 0.4) is 0 Å². The van der Waals surface area contributed by atoms with Crippen molar-refractivity contribution in [3.63, 3.8) is 0 Å². The molecule has 26 heavy (non-hydrogen) atoms. The van der Waals surface area contributed by atoms with Crippen LogP contribution in [0, 0.1) is 0 Å². The van der Waals surface area contributed by atoms with Gasteiger partial charge in [0.2, 0.25) is 5.84 Å². The van der Waals surface area contributed by atoms with Crippen LogP contribution in [0.1, 0.15) is 32.1 Å². The van der Waals surface area contributed by atoms with Crippen LogP contribution in [-0.2, 0) is 9.59 Å². The molecule has 2 aliphatic rings. The maximum Gasteiger partial charge on any atom is 0.321 e. The molecule has 2 aromatic carbocycles. The van der Waals surface area contributed by atoms with Gasteiger partial charge in [-0.2, -0.15) is 0 Å². The van der Waals surface area contributed by atoms with Crippen LogP contribution in [0.5, 0.6) is 0 Å². The third-order valence-electron chi connectivity index (χ3n) is 4.87. The average molecular weight is 347 g/mol. The van der Waals surface area contributed by atoms with Crippen LogP contribution in [0.4, 0.5) is 11.4 Å². The molecule has 0 aromatic heterocycles. The molecule has 1 aliphatic carbocycles. The molecular formula is C21H21N3O2. The van der Waals surface area contributed by atoms with Gasteiger partial charge in [0, 0.05) is 0 Å². The number of carbonyl (C=O) groups excluding carboxylic acids is 2. The normalized spacial score (nSPS) is 20.2. The highest BCUT2D eigenvalue weighted by Gasteiger charge is 2.44. The van der Waals surface area contributed by atoms with E-state index in [1.807, 2.05) is 60.7 Å². The quantitative estimate of drug-likeness (QED) is 0.795. The molecule has 132 valence electrons. The van der Waals surface area contributed by atoms with Gasteiger partial charge in [-0.05, 0) is 37.1 Å². The van der Waals surface area contributed by atoms with Gasteiger partial charge < -0.3 is 0 Å². The zero-order valence-corrected chi connectivity index (χ0v) is 14.5. The van der Waals surface area contributed by atoms with Crippen LogP contribution in [0.2, 0.25) is 0 Å². The Morgan fingerprint density at radius 2 is 1.27 bits per heavy atom. The van der Waals surface area contributed by atoms with Gasteiger partial charge >= 0.3 is 5.91 Å². The maximum absolute atomic E-state index is 12.8. The summed E-state index contributed by atoms with van der Waals surface area (Å²) in [6.07, 6.45) is 5.40. The molecule has 5 heteroatoms. The summed E-state index contributed by atoms with van der Waals surface area (Å²) < 4.78 is 0. The van der Waals surface area contributed by atoms with E-state index in [9.17, 15) is 9.59 Å². The number of ketones is 1. The monoisotopic (exact) mass is 347 g/mol. The molecule has 0 bridgehead atoms. The maximum atomic E-state index is 12.8. The minimum absolute atomic E-state index is 0.109. The lowest BCUT2D eigenvalue weighted by atomic mass is 9.96. The van der Waals surface area contributed by atoms with E-state index in [2.05, 4.69) is 0 Å². The van der Waals surface area contributed by atoms with E-state index in [1.54, 1.807) is 5.01 Å². The summed E-state index contributed by atoms with van der Waals surface area (Å²) in [6.45, 7) is 0. The number of anilines is 2. The second kappa shape index (κ2) is 7.12. The Bertz CT molecular complexity index is 827. The predicted molar refractivity (Wildman–Crippen MR) is 102 cm³/mol. The fraction of sp³-hybridized carbons (Fsp3) is 0.286. The molecule has 1 aliphatic heterocycles. The van der Waals surface area contributed by atoms with Crippen LogP contribution in [0.25, 0.3) is 0 Å². The summed E-state index contributed by atoms with van der Waals surface area (Å²) in [7, 11) is 0. The van der Waals surface area contributed by atoms with E-state index in [-0.39, 0.29) is 11.9 Å². The van der Waals surface area contributed by atoms with Crippen molar-refractivity contribution in [2.45, 2.75) is 38.1 Å². The number of amidine groups is 1. The molecule has 0 spiro atoms. The molecule has 0 atom stereocenters. The number of Topliss-reactive ketones (excluding diaryl/α,β-unsaturated/α-hetero) is 1. The second-order valence-corrected chi connectivity index (χ2v) is 6.67. The molecule has 0 radical (unpaired) electrons. The first-order valence-corrected chi connectivity index (χ1v) is 9.12. The Hall–Kier alpha value is -2.95. The third kappa shape index (κ3) is 3.01. The number of rotatable bonds is 3. The zero-order valence-electron chi connectivity index (χ0n) is 14.5. The molecule has 0 unspecified atom stereocenters. The second-order valence-electron chi connectivity index (χ2n) is 6.67. The number of carbonyl (C=O) groups is 2. The number of hydrazine groups is 1. The van der Waals surface area contributed by atoms with Gasteiger partial charge in [0.25, 0.3) is 5.78 Å². The summed E-state index contributed by atoms with van der Waals surface area (Å²) in [5.41, 5.74) is 1.41. The lowest BCUT2D eigenvalue weighted by molar-refractivity contribution is -0.131. The van der Waals surface area contributed by atoms with Crippen LogP contribution < -0.4 is 10.0 Å². The highest BCUT2D eigenvalue weighted by atomic mass is 16.2. The van der Waals surface area contributed by atoms with Crippen LogP contribution >= 0.6 is 0 Å².